The predicted molar refractivity (Wildman–Crippen MR) is 95.5 cm³/mol. The molecule has 3 fully saturated rings. The fraction of sp³-hybridized carbons (Fsp3) is 0.556. The molecule has 3 aliphatic rings. The molecule has 4 rings (SSSR count). The summed E-state index contributed by atoms with van der Waals surface area (Å²) in [4.78, 5) is 46.1. The van der Waals surface area contributed by atoms with E-state index in [1.165, 1.54) is 4.90 Å². The molecule has 8 heteroatoms. The van der Waals surface area contributed by atoms with E-state index in [0.717, 1.165) is 12.8 Å². The molecule has 1 aromatic heterocycles. The van der Waals surface area contributed by atoms with Gasteiger partial charge < -0.3 is 20.0 Å². The van der Waals surface area contributed by atoms with Gasteiger partial charge in [-0.05, 0) is 30.9 Å². The van der Waals surface area contributed by atoms with Crippen LogP contribution >= 0.6 is 0 Å². The number of amides is 4. The Hall–Kier alpha value is -2.64. The second kappa shape index (κ2) is 7.72. The standard InChI is InChI=1S/C18H25N5O3/c1-21(2)18(26)20-9-16(24)23-11-13-5-6-15(23)12-22(10-13)17(25)14-4-3-7-19-8-14/h3-4,7-8,13,15H,5-6,9-12H2,1-2H3,(H,20,26)/t13-,15+/m0/s1. The van der Waals surface area contributed by atoms with Crippen LogP contribution in [0.3, 0.4) is 0 Å². The number of hydrogen-bond acceptors (Lipinski definition) is 4. The Kier molecular flexibility index (Phi) is 5.39. The normalized spacial score (nSPS) is 21.9. The van der Waals surface area contributed by atoms with Crippen LogP contribution in [0.5, 0.6) is 0 Å². The second-order valence-corrected chi connectivity index (χ2v) is 7.15. The molecule has 4 heterocycles. The number of pyridine rings is 1. The number of hydrogen-bond donors (Lipinski definition) is 1. The van der Waals surface area contributed by atoms with Crippen molar-refractivity contribution in [2.45, 2.75) is 18.9 Å². The molecule has 1 N–H and O–H groups in total. The Balaban J connectivity index is 1.65. The molecule has 0 unspecified atom stereocenters. The van der Waals surface area contributed by atoms with E-state index in [4.69, 9.17) is 0 Å². The number of carbonyl (C=O) groups excluding carboxylic acids is 3. The van der Waals surface area contributed by atoms with E-state index in [0.29, 0.717) is 25.2 Å². The average Bonchev–Trinajstić information content (AvgIpc) is 2.97. The largest absolute Gasteiger partial charge is 0.336 e. The molecule has 3 aliphatic heterocycles. The molecule has 26 heavy (non-hydrogen) atoms. The van der Waals surface area contributed by atoms with Crippen LogP contribution in [0.4, 0.5) is 4.79 Å². The molecular formula is C18H25N5O3. The molecule has 0 spiro atoms. The lowest BCUT2D eigenvalue weighted by Gasteiger charge is -2.36. The third-order valence-corrected chi connectivity index (χ3v) is 5.03. The minimum atomic E-state index is -0.285. The van der Waals surface area contributed by atoms with E-state index in [1.54, 1.807) is 38.6 Å². The van der Waals surface area contributed by atoms with Crippen LogP contribution in [0.25, 0.3) is 0 Å². The number of nitrogens with zero attached hydrogens (tertiary/aromatic N) is 4. The lowest BCUT2D eigenvalue weighted by atomic mass is 9.95. The summed E-state index contributed by atoms with van der Waals surface area (Å²) in [6.07, 6.45) is 5.12. The van der Waals surface area contributed by atoms with Crippen LogP contribution < -0.4 is 5.32 Å². The molecule has 0 aromatic carbocycles. The molecule has 0 radical (unpaired) electrons. The molecule has 2 bridgehead atoms. The molecule has 8 nitrogen and oxygen atoms in total. The first kappa shape index (κ1) is 18.2. The first-order valence-electron chi connectivity index (χ1n) is 8.89. The molecule has 4 amide bonds. The van der Waals surface area contributed by atoms with Crippen LogP contribution in [0, 0.1) is 5.92 Å². The van der Waals surface area contributed by atoms with Crippen LogP contribution in [0.1, 0.15) is 23.2 Å². The van der Waals surface area contributed by atoms with E-state index in [1.807, 2.05) is 9.80 Å². The van der Waals surface area contributed by atoms with Crippen LogP contribution in [-0.4, -0.2) is 83.8 Å². The highest BCUT2D eigenvalue weighted by Crippen LogP contribution is 2.28. The summed E-state index contributed by atoms with van der Waals surface area (Å²) in [5.41, 5.74) is 0.574. The Bertz CT molecular complexity index is 679. The van der Waals surface area contributed by atoms with Crippen molar-refractivity contribution in [3.05, 3.63) is 30.1 Å². The number of nitrogens with one attached hydrogen (secondary N) is 1. The lowest BCUT2D eigenvalue weighted by molar-refractivity contribution is -0.134. The first-order valence-corrected chi connectivity index (χ1v) is 8.89. The van der Waals surface area contributed by atoms with Gasteiger partial charge in [0.2, 0.25) is 5.91 Å². The van der Waals surface area contributed by atoms with Crippen molar-refractivity contribution in [2.24, 2.45) is 5.92 Å². The number of rotatable bonds is 3. The summed E-state index contributed by atoms with van der Waals surface area (Å²) >= 11 is 0. The van der Waals surface area contributed by atoms with Gasteiger partial charge in [0.25, 0.3) is 5.91 Å². The van der Waals surface area contributed by atoms with Crippen molar-refractivity contribution >= 4 is 17.8 Å². The van der Waals surface area contributed by atoms with Gasteiger partial charge in [0.15, 0.2) is 0 Å². The Labute approximate surface area is 153 Å². The molecule has 2 atom stereocenters. The second-order valence-electron chi connectivity index (χ2n) is 7.15. The van der Waals surface area contributed by atoms with Gasteiger partial charge in [-0.1, -0.05) is 0 Å². The maximum atomic E-state index is 12.8. The van der Waals surface area contributed by atoms with Gasteiger partial charge in [0.1, 0.15) is 0 Å². The SMILES string of the molecule is CN(C)C(=O)NCC(=O)N1C[C@H]2CC[C@@H]1CN(C(=O)c1cccnc1)C2. The highest BCUT2D eigenvalue weighted by molar-refractivity contribution is 5.94. The molecule has 3 saturated heterocycles. The van der Waals surface area contributed by atoms with Crippen molar-refractivity contribution in [2.75, 3.05) is 40.3 Å². The van der Waals surface area contributed by atoms with Crippen LogP contribution in [0.2, 0.25) is 0 Å². The molecule has 0 saturated carbocycles. The summed E-state index contributed by atoms with van der Waals surface area (Å²) in [5, 5.41) is 2.63. The number of fused-ring (bicyclic) bond motifs is 4. The first-order chi connectivity index (χ1) is 12.5. The van der Waals surface area contributed by atoms with Gasteiger partial charge in [-0.25, -0.2) is 4.79 Å². The minimum absolute atomic E-state index is 0.00173. The quantitative estimate of drug-likeness (QED) is 0.847. The van der Waals surface area contributed by atoms with E-state index < -0.39 is 0 Å². The zero-order chi connectivity index (χ0) is 18.7. The highest BCUT2D eigenvalue weighted by Gasteiger charge is 2.38. The summed E-state index contributed by atoms with van der Waals surface area (Å²) < 4.78 is 0. The van der Waals surface area contributed by atoms with Gasteiger partial charge in [0, 0.05) is 52.2 Å². The Morgan fingerprint density at radius 2 is 2.04 bits per heavy atom. The van der Waals surface area contributed by atoms with E-state index in [9.17, 15) is 14.4 Å². The van der Waals surface area contributed by atoms with Crippen LogP contribution in [-0.2, 0) is 4.79 Å². The number of urea groups is 1. The lowest BCUT2D eigenvalue weighted by Crippen LogP contribution is -2.51. The van der Waals surface area contributed by atoms with Crippen LogP contribution in [0.15, 0.2) is 24.5 Å². The smallest absolute Gasteiger partial charge is 0.317 e. The topological polar surface area (TPSA) is 85.9 Å². The third kappa shape index (κ3) is 3.95. The van der Waals surface area contributed by atoms with Gasteiger partial charge in [-0.3, -0.25) is 14.6 Å². The van der Waals surface area contributed by atoms with Crippen molar-refractivity contribution in [1.29, 1.82) is 0 Å². The van der Waals surface area contributed by atoms with Crippen molar-refractivity contribution in [3.8, 4) is 0 Å². The molecule has 1 aromatic rings. The highest BCUT2D eigenvalue weighted by atomic mass is 16.2. The van der Waals surface area contributed by atoms with Crippen molar-refractivity contribution in [1.82, 2.24) is 25.0 Å². The summed E-state index contributed by atoms with van der Waals surface area (Å²) in [5.74, 6) is 0.138. The Morgan fingerprint density at radius 1 is 1.23 bits per heavy atom. The fourth-order valence-electron chi connectivity index (χ4n) is 3.64. The number of carbonyl (C=O) groups is 3. The monoisotopic (exact) mass is 359 g/mol. The maximum Gasteiger partial charge on any atom is 0.317 e. The molecule has 0 aliphatic carbocycles. The number of aromatic nitrogens is 1. The van der Waals surface area contributed by atoms with Gasteiger partial charge in [-0.15, -0.1) is 0 Å². The maximum absolute atomic E-state index is 12.8. The zero-order valence-corrected chi connectivity index (χ0v) is 15.2. The van der Waals surface area contributed by atoms with Gasteiger partial charge >= 0.3 is 6.03 Å². The fourth-order valence-corrected chi connectivity index (χ4v) is 3.64. The molecular weight excluding hydrogens is 334 g/mol. The van der Waals surface area contributed by atoms with Crippen molar-refractivity contribution in [3.63, 3.8) is 0 Å². The van der Waals surface area contributed by atoms with E-state index in [-0.39, 0.29) is 36.3 Å². The van der Waals surface area contributed by atoms with Gasteiger partial charge in [-0.2, -0.15) is 0 Å². The van der Waals surface area contributed by atoms with E-state index >= 15 is 0 Å². The third-order valence-electron chi connectivity index (χ3n) is 5.03. The summed E-state index contributed by atoms with van der Waals surface area (Å²) in [6.45, 7) is 1.80. The molecule has 140 valence electrons. The van der Waals surface area contributed by atoms with Gasteiger partial charge in [0.05, 0.1) is 12.1 Å². The summed E-state index contributed by atoms with van der Waals surface area (Å²) in [7, 11) is 3.27. The van der Waals surface area contributed by atoms with Crippen molar-refractivity contribution < 1.29 is 14.4 Å². The van der Waals surface area contributed by atoms with E-state index in [2.05, 4.69) is 10.3 Å². The minimum Gasteiger partial charge on any atom is -0.336 e. The summed E-state index contributed by atoms with van der Waals surface area (Å²) in [6, 6.07) is 3.23. The Morgan fingerprint density at radius 3 is 2.73 bits per heavy atom. The number of piperidine rings is 1. The zero-order valence-electron chi connectivity index (χ0n) is 15.2. The average molecular weight is 359 g/mol. The predicted octanol–water partition coefficient (Wildman–Crippen LogP) is 0.416.